The quantitative estimate of drug-likeness (QED) is 0.864. The van der Waals surface area contributed by atoms with Gasteiger partial charge in [-0.05, 0) is 25.0 Å². The molecule has 0 spiro atoms. The van der Waals surface area contributed by atoms with Crippen molar-refractivity contribution in [2.45, 2.75) is 18.3 Å². The van der Waals surface area contributed by atoms with Crippen molar-refractivity contribution in [1.29, 1.82) is 0 Å². The van der Waals surface area contributed by atoms with E-state index in [1.165, 1.54) is 0 Å². The van der Waals surface area contributed by atoms with Crippen LogP contribution in [0.2, 0.25) is 0 Å². The van der Waals surface area contributed by atoms with Gasteiger partial charge in [0, 0.05) is 17.5 Å². The molecule has 1 aromatic carbocycles. The van der Waals surface area contributed by atoms with Crippen molar-refractivity contribution < 1.29 is 4.74 Å². The van der Waals surface area contributed by atoms with E-state index in [9.17, 15) is 0 Å². The van der Waals surface area contributed by atoms with E-state index in [4.69, 9.17) is 10.5 Å². The molecule has 3 N–H and O–H groups in total. The Kier molecular flexibility index (Phi) is 2.59. The van der Waals surface area contributed by atoms with Gasteiger partial charge in [0.25, 0.3) is 0 Å². The second-order valence-electron chi connectivity index (χ2n) is 4.83. The minimum atomic E-state index is 0.0975. The number of hydrogen-bond donors (Lipinski definition) is 2. The highest BCUT2D eigenvalue weighted by Crippen LogP contribution is 2.46. The van der Waals surface area contributed by atoms with Crippen LogP contribution in [0.4, 0.5) is 0 Å². The summed E-state index contributed by atoms with van der Waals surface area (Å²) in [6, 6.07) is 7.93. The first-order valence-electron chi connectivity index (χ1n) is 6.18. The zero-order valence-electron chi connectivity index (χ0n) is 10.4. The minimum Gasteiger partial charge on any atom is -0.496 e. The van der Waals surface area contributed by atoms with Gasteiger partial charge in [0.2, 0.25) is 0 Å². The van der Waals surface area contributed by atoms with Gasteiger partial charge in [-0.25, -0.2) is 4.98 Å². The van der Waals surface area contributed by atoms with Crippen LogP contribution in [-0.2, 0) is 5.41 Å². The number of nitrogens with zero attached hydrogens (tertiary/aromatic N) is 1. The maximum atomic E-state index is 5.82. The summed E-state index contributed by atoms with van der Waals surface area (Å²) >= 11 is 0. The largest absolute Gasteiger partial charge is 0.496 e. The topological polar surface area (TPSA) is 63.9 Å². The summed E-state index contributed by atoms with van der Waals surface area (Å²) < 4.78 is 5.36. The molecule has 94 valence electrons. The van der Waals surface area contributed by atoms with Gasteiger partial charge in [-0.15, -0.1) is 0 Å². The summed E-state index contributed by atoms with van der Waals surface area (Å²) in [6.45, 7) is 0.659. The number of rotatable bonds is 4. The summed E-state index contributed by atoms with van der Waals surface area (Å²) in [5.41, 5.74) is 7.94. The smallest absolute Gasteiger partial charge is 0.128 e. The first-order valence-corrected chi connectivity index (χ1v) is 6.18. The molecule has 1 saturated carbocycles. The number of ether oxygens (including phenoxy) is 1. The lowest BCUT2D eigenvalue weighted by molar-refractivity contribution is 0.416. The number of hydrogen-bond acceptors (Lipinski definition) is 3. The van der Waals surface area contributed by atoms with Crippen LogP contribution in [0.3, 0.4) is 0 Å². The number of para-hydroxylation sites is 1. The van der Waals surface area contributed by atoms with Gasteiger partial charge in [0.05, 0.1) is 19.0 Å². The lowest BCUT2D eigenvalue weighted by Gasteiger charge is -2.08. The molecule has 0 atom stereocenters. The van der Waals surface area contributed by atoms with Crippen molar-refractivity contribution in [1.82, 2.24) is 9.97 Å². The minimum absolute atomic E-state index is 0.0975. The van der Waals surface area contributed by atoms with E-state index in [2.05, 4.69) is 9.97 Å². The predicted molar refractivity (Wildman–Crippen MR) is 70.5 cm³/mol. The lowest BCUT2D eigenvalue weighted by Crippen LogP contribution is -2.21. The highest BCUT2D eigenvalue weighted by atomic mass is 16.5. The van der Waals surface area contributed by atoms with Crippen molar-refractivity contribution in [2.24, 2.45) is 5.73 Å². The Morgan fingerprint density at radius 3 is 2.83 bits per heavy atom. The molecule has 1 heterocycles. The van der Waals surface area contributed by atoms with Crippen LogP contribution in [0, 0.1) is 0 Å². The van der Waals surface area contributed by atoms with E-state index >= 15 is 0 Å². The molecule has 2 aromatic rings. The van der Waals surface area contributed by atoms with Crippen LogP contribution < -0.4 is 10.5 Å². The number of methoxy groups -OCH3 is 1. The van der Waals surface area contributed by atoms with Gasteiger partial charge in [-0.3, -0.25) is 0 Å². The molecule has 3 rings (SSSR count). The van der Waals surface area contributed by atoms with Crippen LogP contribution in [0.1, 0.15) is 18.7 Å². The average Bonchev–Trinajstić information content (AvgIpc) is 3.08. The number of aromatic amines is 1. The van der Waals surface area contributed by atoms with Crippen LogP contribution >= 0.6 is 0 Å². The van der Waals surface area contributed by atoms with Gasteiger partial charge in [-0.2, -0.15) is 0 Å². The monoisotopic (exact) mass is 243 g/mol. The van der Waals surface area contributed by atoms with Crippen molar-refractivity contribution >= 4 is 0 Å². The second-order valence-corrected chi connectivity index (χ2v) is 4.83. The molecule has 1 aromatic heterocycles. The van der Waals surface area contributed by atoms with E-state index in [-0.39, 0.29) is 5.41 Å². The highest BCUT2D eigenvalue weighted by molar-refractivity contribution is 5.66. The molecule has 0 amide bonds. The Labute approximate surface area is 106 Å². The summed E-state index contributed by atoms with van der Waals surface area (Å²) in [6.07, 6.45) is 4.12. The molecule has 0 saturated heterocycles. The third-order valence-electron chi connectivity index (χ3n) is 3.72. The Hall–Kier alpha value is -1.81. The van der Waals surface area contributed by atoms with Gasteiger partial charge < -0.3 is 15.5 Å². The van der Waals surface area contributed by atoms with E-state index in [1.807, 2.05) is 30.5 Å². The van der Waals surface area contributed by atoms with Crippen LogP contribution in [0.5, 0.6) is 5.75 Å². The van der Waals surface area contributed by atoms with Crippen molar-refractivity contribution in [2.75, 3.05) is 13.7 Å². The Bertz CT molecular complexity index is 558. The molecule has 1 fully saturated rings. The predicted octanol–water partition coefficient (Wildman–Crippen LogP) is 2.08. The highest BCUT2D eigenvalue weighted by Gasteiger charge is 2.45. The standard InChI is InChI=1S/C14H17N3O/c1-18-12-5-3-2-4-10(12)11-8-16-13(17-11)14(9-15)6-7-14/h2-5,8H,6-7,9,15H2,1H3,(H,16,17). The van der Waals surface area contributed by atoms with E-state index in [1.54, 1.807) is 7.11 Å². The maximum absolute atomic E-state index is 5.82. The molecule has 18 heavy (non-hydrogen) atoms. The first kappa shape index (κ1) is 11.3. The molecule has 4 heteroatoms. The third-order valence-corrected chi connectivity index (χ3v) is 3.72. The Morgan fingerprint density at radius 1 is 1.39 bits per heavy atom. The van der Waals surface area contributed by atoms with Crippen LogP contribution in [0.15, 0.2) is 30.5 Å². The molecular weight excluding hydrogens is 226 g/mol. The summed E-state index contributed by atoms with van der Waals surface area (Å²) in [5, 5.41) is 0. The zero-order chi connectivity index (χ0) is 12.6. The van der Waals surface area contributed by atoms with Crippen molar-refractivity contribution in [3.63, 3.8) is 0 Å². The number of H-pyrrole nitrogens is 1. The fourth-order valence-electron chi connectivity index (χ4n) is 2.28. The van der Waals surface area contributed by atoms with E-state index in [0.717, 1.165) is 35.7 Å². The molecular formula is C14H17N3O. The maximum Gasteiger partial charge on any atom is 0.128 e. The third kappa shape index (κ3) is 1.69. The molecule has 0 unspecified atom stereocenters. The van der Waals surface area contributed by atoms with Gasteiger partial charge in [0.15, 0.2) is 0 Å². The fourth-order valence-corrected chi connectivity index (χ4v) is 2.28. The van der Waals surface area contributed by atoms with Crippen molar-refractivity contribution in [3.05, 3.63) is 36.3 Å². The summed E-state index contributed by atoms with van der Waals surface area (Å²) in [7, 11) is 1.68. The van der Waals surface area contributed by atoms with Crippen molar-refractivity contribution in [3.8, 4) is 17.0 Å². The van der Waals surface area contributed by atoms with E-state index < -0.39 is 0 Å². The second kappa shape index (κ2) is 4.14. The molecule has 0 aliphatic heterocycles. The Morgan fingerprint density at radius 2 is 2.17 bits per heavy atom. The van der Waals surface area contributed by atoms with Crippen LogP contribution in [-0.4, -0.2) is 23.6 Å². The zero-order valence-corrected chi connectivity index (χ0v) is 10.4. The normalized spacial score (nSPS) is 16.6. The first-order chi connectivity index (χ1) is 8.79. The number of benzene rings is 1. The van der Waals surface area contributed by atoms with Gasteiger partial charge >= 0.3 is 0 Å². The van der Waals surface area contributed by atoms with Gasteiger partial charge in [-0.1, -0.05) is 12.1 Å². The molecule has 0 bridgehead atoms. The van der Waals surface area contributed by atoms with Gasteiger partial charge in [0.1, 0.15) is 11.6 Å². The number of imidazole rings is 1. The number of nitrogens with one attached hydrogen (secondary N) is 1. The summed E-state index contributed by atoms with van der Waals surface area (Å²) in [4.78, 5) is 7.87. The molecule has 1 aliphatic rings. The average molecular weight is 243 g/mol. The number of aromatic nitrogens is 2. The lowest BCUT2D eigenvalue weighted by atomic mass is 10.1. The van der Waals surface area contributed by atoms with Crippen LogP contribution in [0.25, 0.3) is 11.3 Å². The molecule has 4 nitrogen and oxygen atoms in total. The van der Waals surface area contributed by atoms with E-state index in [0.29, 0.717) is 6.54 Å². The molecule has 0 radical (unpaired) electrons. The summed E-state index contributed by atoms with van der Waals surface area (Å²) in [5.74, 6) is 1.86. The Balaban J connectivity index is 1.98. The SMILES string of the molecule is COc1ccccc1-c1cnc(C2(CN)CC2)[nH]1. The molecule has 1 aliphatic carbocycles. The number of nitrogens with two attached hydrogens (primary N) is 1. The fraction of sp³-hybridized carbons (Fsp3) is 0.357.